The standard InChI is InChI=1S/C15H18BrCl2N3/c1-11(2)21-14(19-10-20-21)7-15(8-17,9-18)12-5-3-4-6-13(12)16/h3-6,10-11H,7-9H2,1-2H3. The van der Waals surface area contributed by atoms with Gasteiger partial charge in [-0.1, -0.05) is 34.1 Å². The minimum Gasteiger partial charge on any atom is -0.248 e. The Labute approximate surface area is 143 Å². The van der Waals surface area contributed by atoms with Gasteiger partial charge in [0.25, 0.3) is 0 Å². The summed E-state index contributed by atoms with van der Waals surface area (Å²) in [6, 6.07) is 8.31. The summed E-state index contributed by atoms with van der Waals surface area (Å²) in [7, 11) is 0. The molecule has 0 fully saturated rings. The monoisotopic (exact) mass is 389 g/mol. The van der Waals surface area contributed by atoms with E-state index in [1.165, 1.54) is 0 Å². The van der Waals surface area contributed by atoms with Crippen molar-refractivity contribution >= 4 is 39.1 Å². The van der Waals surface area contributed by atoms with Crippen molar-refractivity contribution in [3.05, 3.63) is 46.5 Å². The molecular formula is C15H18BrCl2N3. The highest BCUT2D eigenvalue weighted by molar-refractivity contribution is 9.10. The molecule has 1 heterocycles. The number of benzene rings is 1. The lowest BCUT2D eigenvalue weighted by Crippen LogP contribution is -2.35. The first-order valence-electron chi connectivity index (χ1n) is 6.79. The third-order valence-electron chi connectivity index (χ3n) is 3.59. The van der Waals surface area contributed by atoms with Gasteiger partial charge < -0.3 is 0 Å². The molecule has 0 aliphatic carbocycles. The smallest absolute Gasteiger partial charge is 0.138 e. The molecule has 0 unspecified atom stereocenters. The van der Waals surface area contributed by atoms with E-state index in [2.05, 4.69) is 45.9 Å². The van der Waals surface area contributed by atoms with E-state index in [9.17, 15) is 0 Å². The number of nitrogens with zero attached hydrogens (tertiary/aromatic N) is 3. The van der Waals surface area contributed by atoms with Crippen LogP contribution in [-0.4, -0.2) is 26.5 Å². The lowest BCUT2D eigenvalue weighted by atomic mass is 9.80. The maximum Gasteiger partial charge on any atom is 0.138 e. The number of hydrogen-bond donors (Lipinski definition) is 0. The van der Waals surface area contributed by atoms with Crippen molar-refractivity contribution in [2.24, 2.45) is 0 Å². The van der Waals surface area contributed by atoms with Gasteiger partial charge in [-0.3, -0.25) is 0 Å². The zero-order valence-electron chi connectivity index (χ0n) is 12.1. The summed E-state index contributed by atoms with van der Waals surface area (Å²) in [4.78, 5) is 4.39. The van der Waals surface area contributed by atoms with Crippen molar-refractivity contribution in [3.8, 4) is 0 Å². The summed E-state index contributed by atoms with van der Waals surface area (Å²) in [5.74, 6) is 1.75. The lowest BCUT2D eigenvalue weighted by Gasteiger charge is -2.31. The molecule has 0 amide bonds. The van der Waals surface area contributed by atoms with Crippen LogP contribution in [0.3, 0.4) is 0 Å². The van der Waals surface area contributed by atoms with Crippen molar-refractivity contribution in [2.75, 3.05) is 11.8 Å². The van der Waals surface area contributed by atoms with Gasteiger partial charge in [0, 0.05) is 34.1 Å². The maximum atomic E-state index is 6.32. The highest BCUT2D eigenvalue weighted by Crippen LogP contribution is 2.36. The van der Waals surface area contributed by atoms with Crippen LogP contribution in [0.2, 0.25) is 0 Å². The average Bonchev–Trinajstić information content (AvgIpc) is 2.94. The van der Waals surface area contributed by atoms with E-state index in [-0.39, 0.29) is 11.5 Å². The second-order valence-corrected chi connectivity index (χ2v) is 6.81. The predicted molar refractivity (Wildman–Crippen MR) is 91.4 cm³/mol. The Morgan fingerprint density at radius 3 is 2.48 bits per heavy atom. The van der Waals surface area contributed by atoms with E-state index in [1.807, 2.05) is 22.9 Å². The Bertz CT molecular complexity index is 594. The molecule has 0 atom stereocenters. The molecule has 21 heavy (non-hydrogen) atoms. The molecule has 0 aliphatic rings. The van der Waals surface area contributed by atoms with Gasteiger partial charge in [0.1, 0.15) is 12.2 Å². The molecule has 2 aromatic rings. The molecule has 0 saturated carbocycles. The van der Waals surface area contributed by atoms with Gasteiger partial charge >= 0.3 is 0 Å². The Morgan fingerprint density at radius 2 is 1.90 bits per heavy atom. The second kappa shape index (κ2) is 7.12. The molecule has 3 nitrogen and oxygen atoms in total. The molecule has 0 bridgehead atoms. The van der Waals surface area contributed by atoms with Crippen molar-refractivity contribution in [3.63, 3.8) is 0 Å². The first-order valence-corrected chi connectivity index (χ1v) is 8.65. The van der Waals surface area contributed by atoms with Crippen LogP contribution >= 0.6 is 39.1 Å². The van der Waals surface area contributed by atoms with Gasteiger partial charge in [0.15, 0.2) is 0 Å². The van der Waals surface area contributed by atoms with Crippen molar-refractivity contribution in [1.29, 1.82) is 0 Å². The lowest BCUT2D eigenvalue weighted by molar-refractivity contribution is 0.453. The molecule has 0 aliphatic heterocycles. The van der Waals surface area contributed by atoms with Crippen LogP contribution in [0.5, 0.6) is 0 Å². The van der Waals surface area contributed by atoms with E-state index >= 15 is 0 Å². The van der Waals surface area contributed by atoms with Gasteiger partial charge in [-0.2, -0.15) is 5.10 Å². The largest absolute Gasteiger partial charge is 0.248 e. The zero-order valence-corrected chi connectivity index (χ0v) is 15.2. The average molecular weight is 391 g/mol. The number of aromatic nitrogens is 3. The number of halogens is 3. The van der Waals surface area contributed by atoms with Gasteiger partial charge in [-0.05, 0) is 25.5 Å². The fourth-order valence-electron chi connectivity index (χ4n) is 2.40. The van der Waals surface area contributed by atoms with Gasteiger partial charge in [-0.15, -0.1) is 23.2 Å². The minimum absolute atomic E-state index is 0.255. The van der Waals surface area contributed by atoms with Crippen molar-refractivity contribution < 1.29 is 0 Å². The second-order valence-electron chi connectivity index (χ2n) is 5.42. The summed E-state index contributed by atoms with van der Waals surface area (Å²) in [6.45, 7) is 4.17. The first kappa shape index (κ1) is 16.8. The molecule has 0 saturated heterocycles. The van der Waals surface area contributed by atoms with Gasteiger partial charge in [-0.25, -0.2) is 9.67 Å². The minimum atomic E-state index is -0.372. The summed E-state index contributed by atoms with van der Waals surface area (Å²) in [5.41, 5.74) is 0.733. The molecule has 114 valence electrons. The molecule has 0 radical (unpaired) electrons. The molecule has 0 spiro atoms. The Kier molecular flexibility index (Phi) is 5.69. The van der Waals surface area contributed by atoms with Crippen molar-refractivity contribution in [1.82, 2.24) is 14.8 Å². The number of alkyl halides is 2. The predicted octanol–water partition coefficient (Wildman–Crippen LogP) is 4.58. The van der Waals surface area contributed by atoms with Crippen LogP contribution < -0.4 is 0 Å². The molecule has 1 aromatic carbocycles. The topological polar surface area (TPSA) is 30.7 Å². The fourth-order valence-corrected chi connectivity index (χ4v) is 3.86. The van der Waals surface area contributed by atoms with Crippen LogP contribution in [0.1, 0.15) is 31.3 Å². The van der Waals surface area contributed by atoms with Gasteiger partial charge in [0.05, 0.1) is 0 Å². The van der Waals surface area contributed by atoms with E-state index in [1.54, 1.807) is 6.33 Å². The number of rotatable bonds is 6. The van der Waals surface area contributed by atoms with Crippen LogP contribution in [-0.2, 0) is 11.8 Å². The zero-order chi connectivity index (χ0) is 15.5. The maximum absolute atomic E-state index is 6.32. The Hall–Kier alpha value is -0.580. The van der Waals surface area contributed by atoms with Crippen LogP contribution in [0.4, 0.5) is 0 Å². The Balaban J connectivity index is 2.44. The summed E-state index contributed by atoms with van der Waals surface area (Å²) < 4.78 is 2.94. The molecular weight excluding hydrogens is 373 g/mol. The summed E-state index contributed by atoms with van der Waals surface area (Å²) >= 11 is 16.2. The quantitative estimate of drug-likeness (QED) is 0.675. The van der Waals surface area contributed by atoms with Crippen LogP contribution in [0.25, 0.3) is 0 Å². The normalized spacial score (nSPS) is 12.1. The highest BCUT2D eigenvalue weighted by Gasteiger charge is 2.34. The first-order chi connectivity index (χ1) is 10.0. The third-order valence-corrected chi connectivity index (χ3v) is 5.30. The summed E-state index contributed by atoms with van der Waals surface area (Å²) in [6.07, 6.45) is 2.24. The van der Waals surface area contributed by atoms with Crippen molar-refractivity contribution in [2.45, 2.75) is 31.7 Å². The van der Waals surface area contributed by atoms with E-state index in [4.69, 9.17) is 23.2 Å². The van der Waals surface area contributed by atoms with Gasteiger partial charge in [0.2, 0.25) is 0 Å². The fraction of sp³-hybridized carbons (Fsp3) is 0.467. The number of hydrogen-bond acceptors (Lipinski definition) is 2. The van der Waals surface area contributed by atoms with E-state index < -0.39 is 0 Å². The van der Waals surface area contributed by atoms with Crippen LogP contribution in [0.15, 0.2) is 35.1 Å². The molecule has 2 rings (SSSR count). The molecule has 1 aromatic heterocycles. The molecule has 0 N–H and O–H groups in total. The molecule has 6 heteroatoms. The SMILES string of the molecule is CC(C)n1ncnc1CC(CCl)(CCl)c1ccccc1Br. The summed E-state index contributed by atoms with van der Waals surface area (Å²) in [5, 5.41) is 4.29. The van der Waals surface area contributed by atoms with E-state index in [0.717, 1.165) is 15.9 Å². The van der Waals surface area contributed by atoms with Crippen LogP contribution in [0, 0.1) is 0 Å². The third kappa shape index (κ3) is 3.43. The highest BCUT2D eigenvalue weighted by atomic mass is 79.9. The Morgan fingerprint density at radius 1 is 1.24 bits per heavy atom. The van der Waals surface area contributed by atoms with E-state index in [0.29, 0.717) is 18.2 Å².